The Kier molecular flexibility index (Phi) is 4.29. The molecule has 5 rings (SSSR count). The van der Waals surface area contributed by atoms with Crippen LogP contribution in [0.1, 0.15) is 17.3 Å². The molecule has 0 aliphatic rings. The molecule has 146 valence electrons. The molecule has 3 aromatic carbocycles. The van der Waals surface area contributed by atoms with Gasteiger partial charge in [-0.2, -0.15) is 10.2 Å². The molecule has 0 fully saturated rings. The molecule has 2 heterocycles. The summed E-state index contributed by atoms with van der Waals surface area (Å²) in [6.45, 7) is 0. The molecule has 0 aliphatic carbocycles. The quantitative estimate of drug-likeness (QED) is 0.351. The summed E-state index contributed by atoms with van der Waals surface area (Å²) in [5.74, 6) is 0.0749. The van der Waals surface area contributed by atoms with Crippen LogP contribution in [0.2, 0.25) is 0 Å². The summed E-state index contributed by atoms with van der Waals surface area (Å²) in [6, 6.07) is 20.4. The van der Waals surface area contributed by atoms with Crippen molar-refractivity contribution in [2.24, 2.45) is 5.73 Å². The van der Waals surface area contributed by atoms with E-state index in [-0.39, 0.29) is 12.0 Å². The van der Waals surface area contributed by atoms with E-state index < -0.39 is 0 Å². The van der Waals surface area contributed by atoms with Crippen molar-refractivity contribution >= 4 is 16.6 Å². The third kappa shape index (κ3) is 3.20. The number of nitrogens with zero attached hydrogens (tertiary/aromatic N) is 6. The molecule has 0 saturated heterocycles. The number of hydrogen-bond acceptors (Lipinski definition) is 5. The standard InChI is InChI=1S/C22H18N8/c23-21(24)20-8-7-18-9-17(5-6-19(18)10-20)15-1-3-16(4-2-15)22(29-13-25-11-27-29)30-14-26-12-28-30/h1-14,22H,(H3,23,24). The van der Waals surface area contributed by atoms with Gasteiger partial charge in [0.05, 0.1) is 0 Å². The number of nitrogens with two attached hydrogens (primary N) is 1. The van der Waals surface area contributed by atoms with Gasteiger partial charge in [-0.15, -0.1) is 0 Å². The van der Waals surface area contributed by atoms with E-state index in [1.54, 1.807) is 22.0 Å². The van der Waals surface area contributed by atoms with E-state index in [0.717, 1.165) is 33.0 Å². The summed E-state index contributed by atoms with van der Waals surface area (Å²) in [4.78, 5) is 8.12. The summed E-state index contributed by atoms with van der Waals surface area (Å²) in [5.41, 5.74) is 9.56. The monoisotopic (exact) mass is 394 g/mol. The predicted molar refractivity (Wildman–Crippen MR) is 114 cm³/mol. The molecule has 0 bridgehead atoms. The van der Waals surface area contributed by atoms with E-state index in [2.05, 4.69) is 62.6 Å². The third-order valence-electron chi connectivity index (χ3n) is 5.07. The highest BCUT2D eigenvalue weighted by molar-refractivity contribution is 5.99. The molecule has 30 heavy (non-hydrogen) atoms. The maximum atomic E-state index is 7.60. The van der Waals surface area contributed by atoms with Gasteiger partial charge in [0.25, 0.3) is 0 Å². The minimum Gasteiger partial charge on any atom is -0.384 e. The molecule has 0 amide bonds. The first-order valence-corrected chi connectivity index (χ1v) is 9.36. The highest BCUT2D eigenvalue weighted by Gasteiger charge is 2.17. The second-order valence-electron chi connectivity index (χ2n) is 6.94. The average molecular weight is 394 g/mol. The fourth-order valence-electron chi connectivity index (χ4n) is 3.55. The van der Waals surface area contributed by atoms with Crippen LogP contribution in [-0.2, 0) is 0 Å². The second-order valence-corrected chi connectivity index (χ2v) is 6.94. The molecule has 8 nitrogen and oxygen atoms in total. The number of benzene rings is 3. The third-order valence-corrected chi connectivity index (χ3v) is 5.07. The molecular weight excluding hydrogens is 376 g/mol. The number of amidine groups is 1. The minimum atomic E-state index is -0.259. The van der Waals surface area contributed by atoms with E-state index >= 15 is 0 Å². The van der Waals surface area contributed by atoms with Gasteiger partial charge in [-0.1, -0.05) is 48.5 Å². The molecular formula is C22H18N8. The summed E-state index contributed by atoms with van der Waals surface area (Å²) < 4.78 is 3.48. The zero-order valence-corrected chi connectivity index (χ0v) is 15.9. The number of aromatic nitrogens is 6. The van der Waals surface area contributed by atoms with Gasteiger partial charge >= 0.3 is 0 Å². The van der Waals surface area contributed by atoms with Crippen molar-refractivity contribution in [3.63, 3.8) is 0 Å². The fraction of sp³-hybridized carbons (Fsp3) is 0.0455. The van der Waals surface area contributed by atoms with Crippen molar-refractivity contribution in [1.29, 1.82) is 5.41 Å². The lowest BCUT2D eigenvalue weighted by atomic mass is 9.98. The highest BCUT2D eigenvalue weighted by Crippen LogP contribution is 2.27. The Morgan fingerprint density at radius 1 is 0.767 bits per heavy atom. The van der Waals surface area contributed by atoms with Crippen LogP contribution in [0.15, 0.2) is 86.0 Å². The Bertz CT molecular complexity index is 1270. The van der Waals surface area contributed by atoms with Crippen LogP contribution in [-0.4, -0.2) is 35.4 Å². The second kappa shape index (κ2) is 7.25. The Balaban J connectivity index is 1.50. The summed E-state index contributed by atoms with van der Waals surface area (Å²) in [7, 11) is 0. The van der Waals surface area contributed by atoms with E-state index in [1.165, 1.54) is 12.7 Å². The minimum absolute atomic E-state index is 0.0749. The number of nitrogens with one attached hydrogen (secondary N) is 1. The van der Waals surface area contributed by atoms with Gasteiger partial charge in [0.2, 0.25) is 0 Å². The summed E-state index contributed by atoms with van der Waals surface area (Å²) in [6.07, 6.45) is 6.08. The van der Waals surface area contributed by atoms with Crippen molar-refractivity contribution in [2.75, 3.05) is 0 Å². The lowest BCUT2D eigenvalue weighted by Crippen LogP contribution is -2.20. The van der Waals surface area contributed by atoms with Gasteiger partial charge in [-0.05, 0) is 39.6 Å². The van der Waals surface area contributed by atoms with Crippen LogP contribution in [0.3, 0.4) is 0 Å². The first-order valence-electron chi connectivity index (χ1n) is 9.36. The summed E-state index contributed by atoms with van der Waals surface area (Å²) in [5, 5.41) is 18.3. The zero-order valence-electron chi connectivity index (χ0n) is 15.9. The molecule has 0 aliphatic heterocycles. The smallest absolute Gasteiger partial charge is 0.172 e. The largest absolute Gasteiger partial charge is 0.384 e. The topological polar surface area (TPSA) is 111 Å². The molecule has 8 heteroatoms. The molecule has 0 atom stereocenters. The van der Waals surface area contributed by atoms with E-state index in [0.29, 0.717) is 0 Å². The fourth-order valence-corrected chi connectivity index (χ4v) is 3.55. The molecule has 0 spiro atoms. The van der Waals surface area contributed by atoms with E-state index in [4.69, 9.17) is 11.1 Å². The number of nitrogen functional groups attached to an aromatic ring is 1. The van der Waals surface area contributed by atoms with Gasteiger partial charge in [-0.25, -0.2) is 19.3 Å². The van der Waals surface area contributed by atoms with Crippen molar-refractivity contribution in [1.82, 2.24) is 29.5 Å². The lowest BCUT2D eigenvalue weighted by molar-refractivity contribution is 0.417. The van der Waals surface area contributed by atoms with Gasteiger partial charge in [0.15, 0.2) is 6.17 Å². The van der Waals surface area contributed by atoms with Crippen LogP contribution in [0.5, 0.6) is 0 Å². The van der Waals surface area contributed by atoms with Crippen molar-refractivity contribution in [3.05, 3.63) is 97.1 Å². The van der Waals surface area contributed by atoms with Crippen LogP contribution in [0.4, 0.5) is 0 Å². The van der Waals surface area contributed by atoms with Gasteiger partial charge in [0.1, 0.15) is 31.1 Å². The number of rotatable bonds is 5. The van der Waals surface area contributed by atoms with Crippen molar-refractivity contribution in [2.45, 2.75) is 6.17 Å². The first kappa shape index (κ1) is 17.7. The molecule has 3 N–H and O–H groups in total. The van der Waals surface area contributed by atoms with Gasteiger partial charge in [-0.3, -0.25) is 5.41 Å². The Labute approximate surface area is 172 Å². The van der Waals surface area contributed by atoms with Crippen LogP contribution in [0, 0.1) is 5.41 Å². The van der Waals surface area contributed by atoms with E-state index in [1.807, 2.05) is 18.2 Å². The molecule has 0 radical (unpaired) electrons. The Hall–Kier alpha value is -4.33. The van der Waals surface area contributed by atoms with Gasteiger partial charge < -0.3 is 5.73 Å². The normalized spacial score (nSPS) is 11.2. The van der Waals surface area contributed by atoms with Crippen molar-refractivity contribution < 1.29 is 0 Å². The SMILES string of the molecule is N=C(N)c1ccc2cc(-c3ccc(C(n4cncn4)n4cncn4)cc3)ccc2c1. The maximum absolute atomic E-state index is 7.60. The van der Waals surface area contributed by atoms with Crippen LogP contribution < -0.4 is 5.73 Å². The molecule has 2 aromatic heterocycles. The Morgan fingerprint density at radius 2 is 1.37 bits per heavy atom. The predicted octanol–water partition coefficient (Wildman–Crippen LogP) is 3.07. The summed E-state index contributed by atoms with van der Waals surface area (Å²) >= 11 is 0. The molecule has 0 saturated carbocycles. The van der Waals surface area contributed by atoms with Crippen LogP contribution >= 0.6 is 0 Å². The maximum Gasteiger partial charge on any atom is 0.172 e. The Morgan fingerprint density at radius 3 is 1.97 bits per heavy atom. The van der Waals surface area contributed by atoms with Crippen LogP contribution in [0.25, 0.3) is 21.9 Å². The number of hydrogen-bond donors (Lipinski definition) is 2. The number of fused-ring (bicyclic) bond motifs is 1. The lowest BCUT2D eigenvalue weighted by Gasteiger charge is -2.18. The van der Waals surface area contributed by atoms with Crippen molar-refractivity contribution in [3.8, 4) is 11.1 Å². The van der Waals surface area contributed by atoms with E-state index in [9.17, 15) is 0 Å². The highest BCUT2D eigenvalue weighted by atomic mass is 15.5. The molecule has 0 unspecified atom stereocenters. The average Bonchev–Trinajstić information content (AvgIpc) is 3.49. The zero-order chi connectivity index (χ0) is 20.5. The first-order chi connectivity index (χ1) is 14.7. The molecule has 5 aromatic rings. The van der Waals surface area contributed by atoms with Gasteiger partial charge in [0, 0.05) is 5.56 Å².